The van der Waals surface area contributed by atoms with Crippen molar-refractivity contribution in [3.8, 4) is 0 Å². The van der Waals surface area contributed by atoms with Gasteiger partial charge in [-0.25, -0.2) is 0 Å². The van der Waals surface area contributed by atoms with Crippen LogP contribution in [0.25, 0.3) is 0 Å². The Labute approximate surface area is 169 Å². The molecule has 5 unspecified atom stereocenters. The van der Waals surface area contributed by atoms with E-state index in [1.54, 1.807) is 0 Å². The number of methoxy groups -OCH3 is 1. The van der Waals surface area contributed by atoms with Crippen molar-refractivity contribution in [2.75, 3.05) is 19.1 Å². The number of hydrogen-bond acceptors (Lipinski definition) is 3. The molecule has 1 aromatic carbocycles. The van der Waals surface area contributed by atoms with Crippen molar-refractivity contribution in [2.24, 2.45) is 21.7 Å². The molecule has 28 heavy (non-hydrogen) atoms. The van der Waals surface area contributed by atoms with Crippen LogP contribution in [-0.4, -0.2) is 43.9 Å². The molecule has 2 aliphatic carbocycles. The third kappa shape index (κ3) is 4.53. The molecule has 0 aromatic heterocycles. The van der Waals surface area contributed by atoms with E-state index in [1.807, 2.05) is 37.4 Å². The van der Waals surface area contributed by atoms with Crippen LogP contribution in [-0.2, 0) is 15.6 Å². The molecule has 156 valence electrons. The zero-order valence-electron chi connectivity index (χ0n) is 17.1. The molecular weight excluding hydrogens is 386 g/mol. The van der Waals surface area contributed by atoms with Crippen molar-refractivity contribution >= 4 is 30.0 Å². The molecule has 0 radical (unpaired) electrons. The molecule has 3 nitrogen and oxygen atoms in total. The van der Waals surface area contributed by atoms with Gasteiger partial charge in [0, 0.05) is 24.3 Å². The average Bonchev–Trinajstić information content (AvgIpc) is 2.93. The molecular formula is C20H29BF3NO2S. The van der Waals surface area contributed by atoms with Crippen LogP contribution in [0.3, 0.4) is 0 Å². The molecule has 1 aromatic rings. The van der Waals surface area contributed by atoms with E-state index < -0.39 is 7.54 Å². The maximum atomic E-state index is 12.4. The fourth-order valence-corrected chi connectivity index (χ4v) is 7.59. The molecule has 0 aliphatic heterocycles. The third-order valence-corrected chi connectivity index (χ3v) is 8.98. The quantitative estimate of drug-likeness (QED) is 0.315. The summed E-state index contributed by atoms with van der Waals surface area (Å²) in [7, 11) is -1.85. The zero-order chi connectivity index (χ0) is 21.1. The Bertz CT molecular complexity index is 674. The largest absolute Gasteiger partial charge is 0.858 e. The van der Waals surface area contributed by atoms with Crippen LogP contribution in [0, 0.1) is 16.7 Å². The van der Waals surface area contributed by atoms with Gasteiger partial charge in [-0.3, -0.25) is 17.9 Å². The molecule has 5 atom stereocenters. The van der Waals surface area contributed by atoms with Gasteiger partial charge < -0.3 is 9.84 Å². The van der Waals surface area contributed by atoms with Gasteiger partial charge in [0.1, 0.15) is 17.1 Å². The van der Waals surface area contributed by atoms with E-state index in [2.05, 4.69) is 32.0 Å². The minimum atomic E-state index is -3.67. The van der Waals surface area contributed by atoms with E-state index in [1.165, 1.54) is 12.8 Å². The van der Waals surface area contributed by atoms with E-state index in [0.717, 1.165) is 5.69 Å². The van der Waals surface area contributed by atoms with E-state index in [9.17, 15) is 18.1 Å². The second kappa shape index (κ2) is 9.12. The lowest BCUT2D eigenvalue weighted by atomic mass is 9.70. The topological polar surface area (TPSA) is 44.6 Å². The van der Waals surface area contributed by atoms with Gasteiger partial charge in [0.2, 0.25) is 0 Å². The molecule has 0 amide bonds. The van der Waals surface area contributed by atoms with Gasteiger partial charge in [0.15, 0.2) is 0 Å². The maximum Gasteiger partial charge on any atom is 0.762 e. The molecule has 2 fully saturated rings. The Balaban J connectivity index is 0.000000640. The minimum Gasteiger partial charge on any atom is -0.858 e. The highest BCUT2D eigenvalue weighted by Crippen LogP contribution is 2.67. The molecule has 2 aliphatic rings. The first-order valence-electron chi connectivity index (χ1n) is 9.40. The molecule has 0 N–H and O–H groups in total. The molecule has 2 bridgehead atoms. The lowest BCUT2D eigenvalue weighted by Crippen LogP contribution is -2.46. The van der Waals surface area contributed by atoms with Crippen LogP contribution < -0.4 is 5.11 Å². The summed E-state index contributed by atoms with van der Waals surface area (Å²) in [5, 5.41) is 12.9. The Kier molecular flexibility index (Phi) is 7.53. The van der Waals surface area contributed by atoms with Crippen molar-refractivity contribution in [3.05, 3.63) is 30.3 Å². The van der Waals surface area contributed by atoms with E-state index in [0.29, 0.717) is 16.9 Å². The number of aliphatic imine (C=N–C) groups is 1. The number of para-hydroxylation sites is 1. The van der Waals surface area contributed by atoms with Crippen molar-refractivity contribution in [1.82, 2.24) is 0 Å². The highest BCUT2D eigenvalue weighted by Gasteiger charge is 2.70. The van der Waals surface area contributed by atoms with Gasteiger partial charge in [0.05, 0.1) is 11.9 Å². The summed E-state index contributed by atoms with van der Waals surface area (Å²) in [4.78, 5) is 4.26. The molecule has 8 heteroatoms. The fourth-order valence-electron chi connectivity index (χ4n) is 5.07. The van der Waals surface area contributed by atoms with Crippen molar-refractivity contribution in [2.45, 2.75) is 45.0 Å². The summed E-state index contributed by atoms with van der Waals surface area (Å²) in [6, 6.07) is 9.53. The molecule has 0 saturated heterocycles. The van der Waals surface area contributed by atoms with Gasteiger partial charge in [-0.05, 0) is 41.3 Å². The number of rotatable bonds is 5. The Morgan fingerprint density at radius 1 is 1.25 bits per heavy atom. The van der Waals surface area contributed by atoms with Gasteiger partial charge in [-0.15, -0.1) is 0 Å². The second-order valence-electron chi connectivity index (χ2n) is 8.33. The number of fused-ring (bicyclic) bond motifs is 2. The highest BCUT2D eigenvalue weighted by atomic mass is 32.2. The Morgan fingerprint density at radius 2 is 1.82 bits per heavy atom. The second-order valence-corrected chi connectivity index (χ2v) is 10.5. The number of hydrogen-bond donors (Lipinski definition) is 0. The van der Waals surface area contributed by atoms with Gasteiger partial charge >= 0.3 is 7.54 Å². The van der Waals surface area contributed by atoms with Crippen LogP contribution in [0.15, 0.2) is 35.3 Å². The molecule has 0 heterocycles. The number of benzene rings is 1. The van der Waals surface area contributed by atoms with E-state index in [4.69, 9.17) is 4.74 Å². The maximum absolute atomic E-state index is 12.4. The Morgan fingerprint density at radius 3 is 2.36 bits per heavy atom. The highest BCUT2D eigenvalue weighted by molar-refractivity contribution is 7.97. The summed E-state index contributed by atoms with van der Waals surface area (Å²) >= 11 is 0. The Hall–Kier alpha value is -1.15. The summed E-state index contributed by atoms with van der Waals surface area (Å²) in [5.74, 6) is 1.17. The first-order chi connectivity index (χ1) is 13.0. The van der Waals surface area contributed by atoms with Gasteiger partial charge in [-0.1, -0.05) is 39.0 Å². The third-order valence-electron chi connectivity index (χ3n) is 6.78. The van der Waals surface area contributed by atoms with Crippen molar-refractivity contribution in [3.63, 3.8) is 0 Å². The summed E-state index contributed by atoms with van der Waals surface area (Å²) in [5.41, 5.74) is 1.25. The normalized spacial score (nSPS) is 31.9. The minimum absolute atomic E-state index is 0.00683. The van der Waals surface area contributed by atoms with Crippen LogP contribution in [0.4, 0.5) is 18.6 Å². The summed E-state index contributed by atoms with van der Waals surface area (Å²) < 4.78 is 35.0. The summed E-state index contributed by atoms with van der Waals surface area (Å²) in [6.45, 7) is 7.17. The summed E-state index contributed by atoms with van der Waals surface area (Å²) in [6.07, 6.45) is 4.98. The van der Waals surface area contributed by atoms with Crippen molar-refractivity contribution in [1.29, 1.82) is 0 Å². The average molecular weight is 415 g/mol. The van der Waals surface area contributed by atoms with Crippen LogP contribution in [0.5, 0.6) is 0 Å². The standard InChI is InChI=1S/C20H29NO2S.BF3/c1-19(2)15-11-12-20(19,3)18(23-4)17(15)24(5)13-16(22)21-14-9-7-6-8-10-14;2-1(3)4/h6-10,15,17-18H,11-13H2,1-5H3;. The monoisotopic (exact) mass is 415 g/mol. The lowest BCUT2D eigenvalue weighted by Gasteiger charge is -2.38. The van der Waals surface area contributed by atoms with Crippen LogP contribution >= 0.6 is 0 Å². The van der Waals surface area contributed by atoms with Gasteiger partial charge in [-0.2, -0.15) is 0 Å². The smallest absolute Gasteiger partial charge is 0.762 e. The predicted molar refractivity (Wildman–Crippen MR) is 110 cm³/mol. The lowest BCUT2D eigenvalue weighted by molar-refractivity contribution is -0.214. The fraction of sp³-hybridized carbons (Fsp3) is 0.650. The molecule has 2 saturated carbocycles. The number of ether oxygens (including phenoxy) is 1. The van der Waals surface area contributed by atoms with Gasteiger partial charge in [0.25, 0.3) is 0 Å². The number of halogens is 3. The number of nitrogens with zero attached hydrogens (tertiary/aromatic N) is 1. The SMILES string of the molecule is COC1C([S+](C)CC([O-])=Nc2ccccc2)C2CCC1(C)C2(C)C.FB(F)F. The molecule has 3 rings (SSSR count). The molecule has 0 spiro atoms. The zero-order valence-corrected chi connectivity index (χ0v) is 17.9. The van der Waals surface area contributed by atoms with Crippen LogP contribution in [0.2, 0.25) is 0 Å². The van der Waals surface area contributed by atoms with E-state index in [-0.39, 0.29) is 33.7 Å². The van der Waals surface area contributed by atoms with E-state index >= 15 is 0 Å². The van der Waals surface area contributed by atoms with Crippen molar-refractivity contribution < 1.29 is 22.8 Å². The van der Waals surface area contributed by atoms with Crippen LogP contribution in [0.1, 0.15) is 33.6 Å². The first kappa shape index (κ1) is 23.1. The predicted octanol–water partition coefficient (Wildman–Crippen LogP) is 4.04. The first-order valence-corrected chi connectivity index (χ1v) is 11.3.